The molecule has 2 N–H and O–H groups in total. The molecule has 4 atom stereocenters. The first-order valence-electron chi connectivity index (χ1n) is 17.8. The third-order valence-electron chi connectivity index (χ3n) is 9.78. The van der Waals surface area contributed by atoms with Crippen molar-refractivity contribution < 1.29 is 47.8 Å². The number of ether oxygens (including phenoxy) is 3. The number of hydrogen-bond donors (Lipinski definition) is 2. The van der Waals surface area contributed by atoms with Gasteiger partial charge >= 0.3 is 30.0 Å². The molecule has 3 aromatic rings. The van der Waals surface area contributed by atoms with Crippen molar-refractivity contribution in [1.82, 2.24) is 25.3 Å². The van der Waals surface area contributed by atoms with Crippen LogP contribution in [-0.4, -0.2) is 103 Å². The molecule has 17 heteroatoms. The third-order valence-corrected chi connectivity index (χ3v) is 13.0. The lowest BCUT2D eigenvalue weighted by molar-refractivity contribution is -0.168. The lowest BCUT2D eigenvalue weighted by Gasteiger charge is -2.49. The second-order valence-electron chi connectivity index (χ2n) is 13.5. The molecule has 3 aromatic carbocycles. The van der Waals surface area contributed by atoms with Crippen molar-refractivity contribution in [2.75, 3.05) is 25.9 Å². The molecule has 3 saturated heterocycles. The van der Waals surface area contributed by atoms with Crippen molar-refractivity contribution >= 4 is 65.3 Å². The topological polar surface area (TPSA) is 181 Å². The van der Waals surface area contributed by atoms with Crippen LogP contribution in [0.4, 0.5) is 9.59 Å². The number of nitrogens with zero attached hydrogens (tertiary/aromatic N) is 3. The predicted molar refractivity (Wildman–Crippen MR) is 206 cm³/mol. The Balaban J connectivity index is 1.19. The number of urea groups is 1. The number of fused-ring (bicyclic) bond motifs is 1. The van der Waals surface area contributed by atoms with Crippen LogP contribution >= 0.6 is 23.5 Å². The normalized spacial score (nSPS) is 21.7. The largest absolute Gasteiger partial charge is 0.514 e. The van der Waals surface area contributed by atoms with Crippen molar-refractivity contribution in [2.45, 2.75) is 61.1 Å². The summed E-state index contributed by atoms with van der Waals surface area (Å²) in [4.78, 5) is 95.3. The molecular weight excluding hydrogens is 763 g/mol. The van der Waals surface area contributed by atoms with E-state index >= 15 is 0 Å². The van der Waals surface area contributed by atoms with Crippen molar-refractivity contribution in [3.8, 4) is 5.75 Å². The second kappa shape index (κ2) is 16.7. The monoisotopic (exact) mass is 803 g/mol. The van der Waals surface area contributed by atoms with Crippen molar-refractivity contribution in [2.24, 2.45) is 0 Å². The molecule has 56 heavy (non-hydrogen) atoms. The molecule has 3 heterocycles. The Morgan fingerprint density at radius 3 is 2.05 bits per heavy atom. The molecule has 294 valence electrons. The van der Waals surface area contributed by atoms with E-state index in [1.54, 1.807) is 37.4 Å². The quantitative estimate of drug-likeness (QED) is 0.117. The Kier molecular flexibility index (Phi) is 11.9. The minimum atomic E-state index is -1.48. The molecular formula is C39H41N5O10S2. The van der Waals surface area contributed by atoms with Gasteiger partial charge in [-0.25, -0.2) is 14.4 Å². The van der Waals surface area contributed by atoms with E-state index in [1.807, 2.05) is 50.2 Å². The van der Waals surface area contributed by atoms with E-state index in [4.69, 9.17) is 14.2 Å². The average molecular weight is 804 g/mol. The van der Waals surface area contributed by atoms with Gasteiger partial charge in [0.15, 0.2) is 0 Å². The number of amides is 6. The fourth-order valence-electron chi connectivity index (χ4n) is 6.80. The maximum absolute atomic E-state index is 14.1. The minimum absolute atomic E-state index is 0.0112. The first-order valence-corrected chi connectivity index (χ1v) is 19.9. The summed E-state index contributed by atoms with van der Waals surface area (Å²) in [5, 5.41) is 4.63. The Bertz CT molecular complexity index is 2000. The zero-order valence-corrected chi connectivity index (χ0v) is 32.7. The van der Waals surface area contributed by atoms with Gasteiger partial charge in [0, 0.05) is 19.6 Å². The van der Waals surface area contributed by atoms with Gasteiger partial charge in [-0.05, 0) is 55.9 Å². The van der Waals surface area contributed by atoms with Gasteiger partial charge in [0.1, 0.15) is 36.4 Å². The molecule has 0 spiro atoms. The maximum atomic E-state index is 14.1. The number of benzene rings is 3. The summed E-state index contributed by atoms with van der Waals surface area (Å²) in [6.07, 6.45) is 0.760. The third kappa shape index (κ3) is 7.77. The number of hydrogen-bond acceptors (Lipinski definition) is 12. The lowest BCUT2D eigenvalue weighted by Crippen LogP contribution is -2.75. The number of esters is 1. The van der Waals surface area contributed by atoms with Crippen LogP contribution in [0.5, 0.6) is 5.75 Å². The van der Waals surface area contributed by atoms with Gasteiger partial charge in [-0.1, -0.05) is 72.8 Å². The molecule has 3 aliphatic heterocycles. The number of likely N-dealkylation sites (N-methyl/N-ethyl adjacent to an activating group) is 1. The standard InChI is InChI=1S/C39H41N5O10S2/c1-5-42-20-21-43(33(48)32(42)47)36(50)41-28(26-16-18-27(19-17-26)54-37(51)53-23-25-14-10-7-11-15-25)30(45)40-29-31(46)44-34(29)56-38(2,3)39(44,55-4)35(49)52-22-24-12-8-6-9-13-24/h6-19,28-29,34H,5,20-23H2,1-4H3,(H,40,45)(H,41,50)/t28?,29-,34+,39+/m0/s1. The average Bonchev–Trinajstić information content (AvgIpc) is 3.43. The Hall–Kier alpha value is -5.55. The van der Waals surface area contributed by atoms with E-state index in [-0.39, 0.29) is 44.2 Å². The summed E-state index contributed by atoms with van der Waals surface area (Å²) in [6.45, 7) is 5.68. The Morgan fingerprint density at radius 1 is 0.857 bits per heavy atom. The zero-order valence-electron chi connectivity index (χ0n) is 31.1. The van der Waals surface area contributed by atoms with E-state index < -0.39 is 68.9 Å². The number of carbonyl (C=O) groups is 7. The van der Waals surface area contributed by atoms with Gasteiger partial charge in [0.25, 0.3) is 5.91 Å². The summed E-state index contributed by atoms with van der Waals surface area (Å²) in [5.74, 6) is -3.73. The Labute approximate surface area is 331 Å². The second-order valence-corrected chi connectivity index (χ2v) is 16.3. The van der Waals surface area contributed by atoms with Crippen LogP contribution in [0, 0.1) is 0 Å². The SMILES string of the molecule is CCN1CCN(C(=O)NC(C(=O)N[C@H]2C(=O)N3[C@@H]2SC(C)(C)[C@]3(SC)C(=O)OCc2ccccc2)c2ccc(OC(=O)OCc3ccccc3)cc2)C(=O)C1=O. The highest BCUT2D eigenvalue weighted by Gasteiger charge is 2.73. The summed E-state index contributed by atoms with van der Waals surface area (Å²) >= 11 is 2.52. The van der Waals surface area contributed by atoms with Crippen LogP contribution in [0.25, 0.3) is 0 Å². The number of rotatable bonds is 12. The smallest absolute Gasteiger partial charge is 0.458 e. The minimum Gasteiger partial charge on any atom is -0.458 e. The number of nitrogens with one attached hydrogen (secondary N) is 2. The summed E-state index contributed by atoms with van der Waals surface area (Å²) in [6, 6.07) is 20.3. The molecule has 0 bridgehead atoms. The van der Waals surface area contributed by atoms with E-state index in [1.165, 1.54) is 57.6 Å². The van der Waals surface area contributed by atoms with Crippen LogP contribution in [0.15, 0.2) is 84.9 Å². The number of piperazine rings is 1. The highest BCUT2D eigenvalue weighted by Crippen LogP contribution is 2.61. The van der Waals surface area contributed by atoms with Gasteiger partial charge in [0.05, 0.1) is 4.75 Å². The summed E-state index contributed by atoms with van der Waals surface area (Å²) in [5.41, 5.74) is 1.75. The number of thioether (sulfide) groups is 2. The molecule has 0 aromatic heterocycles. The van der Waals surface area contributed by atoms with Crippen molar-refractivity contribution in [3.05, 3.63) is 102 Å². The van der Waals surface area contributed by atoms with Gasteiger partial charge in [0.2, 0.25) is 10.8 Å². The molecule has 15 nitrogen and oxygen atoms in total. The summed E-state index contributed by atoms with van der Waals surface area (Å²) < 4.78 is 15.4. The van der Waals surface area contributed by atoms with E-state index in [9.17, 15) is 33.6 Å². The zero-order chi connectivity index (χ0) is 40.2. The molecule has 0 saturated carbocycles. The van der Waals surface area contributed by atoms with Gasteiger partial charge < -0.3 is 34.6 Å². The fraction of sp³-hybridized carbons (Fsp3) is 0.359. The van der Waals surface area contributed by atoms with Crippen LogP contribution < -0.4 is 15.4 Å². The lowest BCUT2D eigenvalue weighted by atomic mass is 9.94. The van der Waals surface area contributed by atoms with Crippen LogP contribution in [0.3, 0.4) is 0 Å². The summed E-state index contributed by atoms with van der Waals surface area (Å²) in [7, 11) is 0. The number of imide groups is 1. The highest BCUT2D eigenvalue weighted by molar-refractivity contribution is 8.06. The Morgan fingerprint density at radius 2 is 1.46 bits per heavy atom. The van der Waals surface area contributed by atoms with Crippen molar-refractivity contribution in [1.29, 1.82) is 0 Å². The van der Waals surface area contributed by atoms with Crippen LogP contribution in [-0.2, 0) is 46.7 Å². The molecule has 0 radical (unpaired) electrons. The maximum Gasteiger partial charge on any atom is 0.514 e. The van der Waals surface area contributed by atoms with Gasteiger partial charge in [-0.15, -0.1) is 23.5 Å². The number of β-lactam (4-membered cyclic amide) rings is 1. The first-order chi connectivity index (χ1) is 26.8. The van der Waals surface area contributed by atoms with Gasteiger partial charge in [-0.2, -0.15) is 0 Å². The molecule has 6 amide bonds. The van der Waals surface area contributed by atoms with E-state index in [0.29, 0.717) is 0 Å². The van der Waals surface area contributed by atoms with Gasteiger partial charge in [-0.3, -0.25) is 24.1 Å². The molecule has 6 rings (SSSR count). The van der Waals surface area contributed by atoms with Crippen molar-refractivity contribution in [3.63, 3.8) is 0 Å². The molecule has 0 aliphatic carbocycles. The van der Waals surface area contributed by atoms with E-state index in [2.05, 4.69) is 10.6 Å². The predicted octanol–water partition coefficient (Wildman–Crippen LogP) is 3.82. The van der Waals surface area contributed by atoms with Crippen LogP contribution in [0.1, 0.15) is 43.5 Å². The van der Waals surface area contributed by atoms with Crippen LogP contribution in [0.2, 0.25) is 0 Å². The first kappa shape index (κ1) is 40.1. The highest BCUT2D eigenvalue weighted by atomic mass is 32.2. The number of carbonyl (C=O) groups excluding carboxylic acids is 7. The molecule has 3 aliphatic rings. The van der Waals surface area contributed by atoms with E-state index in [0.717, 1.165) is 16.0 Å². The molecule has 3 fully saturated rings. The molecule has 1 unspecified atom stereocenters. The fourth-order valence-corrected chi connectivity index (χ4v) is 10.0.